The van der Waals surface area contributed by atoms with Gasteiger partial charge in [-0.2, -0.15) is 5.10 Å². The zero-order chi connectivity index (χ0) is 19.1. The lowest BCUT2D eigenvalue weighted by Gasteiger charge is -2.25. The second-order valence-electron chi connectivity index (χ2n) is 6.82. The van der Waals surface area contributed by atoms with Crippen molar-refractivity contribution < 1.29 is 4.79 Å². The van der Waals surface area contributed by atoms with E-state index in [9.17, 15) is 4.79 Å². The van der Waals surface area contributed by atoms with Crippen molar-refractivity contribution in [2.75, 3.05) is 20.6 Å². The number of likely N-dealkylation sites (N-methyl/N-ethyl adjacent to an activating group) is 1. The van der Waals surface area contributed by atoms with Gasteiger partial charge in [0.2, 0.25) is 5.91 Å². The smallest absolute Gasteiger partial charge is 0.220 e. The minimum Gasteiger partial charge on any atom is -0.354 e. The van der Waals surface area contributed by atoms with Gasteiger partial charge in [-0.05, 0) is 43.8 Å². The fourth-order valence-electron chi connectivity index (χ4n) is 3.04. The van der Waals surface area contributed by atoms with Gasteiger partial charge in [0.1, 0.15) is 0 Å². The molecule has 0 saturated carbocycles. The Balaban J connectivity index is 1.50. The highest BCUT2D eigenvalue weighted by atomic mass is 16.1. The Morgan fingerprint density at radius 3 is 2.41 bits per heavy atom. The molecule has 1 aromatic heterocycles. The fraction of sp³-hybridized carbons (Fsp3) is 0.273. The topological polar surface area (TPSA) is 50.2 Å². The summed E-state index contributed by atoms with van der Waals surface area (Å²) in [5, 5.41) is 7.44. The maximum absolute atomic E-state index is 12.3. The van der Waals surface area contributed by atoms with E-state index < -0.39 is 0 Å². The van der Waals surface area contributed by atoms with Crippen LogP contribution in [0, 0.1) is 0 Å². The first-order valence-electron chi connectivity index (χ1n) is 9.20. The molecule has 1 heterocycles. The molecule has 0 bridgehead atoms. The number of carbonyl (C=O) groups excluding carboxylic acids is 1. The molecule has 27 heavy (non-hydrogen) atoms. The quantitative estimate of drug-likeness (QED) is 0.669. The Morgan fingerprint density at radius 1 is 1.07 bits per heavy atom. The average molecular weight is 362 g/mol. The monoisotopic (exact) mass is 362 g/mol. The van der Waals surface area contributed by atoms with Gasteiger partial charge in [0.05, 0.1) is 17.9 Å². The number of aryl methyl sites for hydroxylation is 1. The molecule has 1 N–H and O–H groups in total. The van der Waals surface area contributed by atoms with E-state index in [4.69, 9.17) is 0 Å². The number of para-hydroxylation sites is 1. The Morgan fingerprint density at radius 2 is 1.74 bits per heavy atom. The number of nitrogens with one attached hydrogen (secondary N) is 1. The molecule has 5 heteroatoms. The first kappa shape index (κ1) is 18.9. The van der Waals surface area contributed by atoms with Gasteiger partial charge in [0.15, 0.2) is 0 Å². The van der Waals surface area contributed by atoms with Gasteiger partial charge >= 0.3 is 0 Å². The van der Waals surface area contributed by atoms with Crippen LogP contribution in [0.15, 0.2) is 73.1 Å². The van der Waals surface area contributed by atoms with E-state index in [1.807, 2.05) is 79.7 Å². The molecule has 0 saturated heterocycles. The molecule has 3 aromatic rings. The van der Waals surface area contributed by atoms with Crippen molar-refractivity contribution in [1.82, 2.24) is 20.0 Å². The third kappa shape index (κ3) is 5.28. The van der Waals surface area contributed by atoms with Crippen molar-refractivity contribution >= 4 is 5.91 Å². The SMILES string of the molecule is CN(C)[C@H](CNC(=O)CCc1cnn(-c2ccccc2)c1)c1ccccc1. The van der Waals surface area contributed by atoms with Crippen molar-refractivity contribution in [2.45, 2.75) is 18.9 Å². The van der Waals surface area contributed by atoms with Crippen LogP contribution in [0.5, 0.6) is 0 Å². The van der Waals surface area contributed by atoms with Gasteiger partial charge in [-0.15, -0.1) is 0 Å². The van der Waals surface area contributed by atoms with Crippen molar-refractivity contribution in [3.63, 3.8) is 0 Å². The van der Waals surface area contributed by atoms with Gasteiger partial charge < -0.3 is 10.2 Å². The van der Waals surface area contributed by atoms with Crippen LogP contribution >= 0.6 is 0 Å². The molecule has 0 aliphatic rings. The maximum atomic E-state index is 12.3. The van der Waals surface area contributed by atoms with Crippen LogP contribution in [0.2, 0.25) is 0 Å². The van der Waals surface area contributed by atoms with Crippen molar-refractivity contribution in [2.24, 2.45) is 0 Å². The minimum atomic E-state index is 0.0604. The van der Waals surface area contributed by atoms with Crippen LogP contribution in [-0.4, -0.2) is 41.2 Å². The normalized spacial score (nSPS) is 12.1. The lowest BCUT2D eigenvalue weighted by Crippen LogP contribution is -2.34. The molecule has 2 aromatic carbocycles. The number of rotatable bonds is 8. The van der Waals surface area contributed by atoms with Crippen LogP contribution < -0.4 is 5.32 Å². The number of benzene rings is 2. The van der Waals surface area contributed by atoms with Gasteiger partial charge in [0, 0.05) is 19.2 Å². The summed E-state index contributed by atoms with van der Waals surface area (Å²) in [6.45, 7) is 0.596. The summed E-state index contributed by atoms with van der Waals surface area (Å²) in [7, 11) is 4.06. The summed E-state index contributed by atoms with van der Waals surface area (Å²) in [6, 6.07) is 20.4. The molecule has 1 atom stereocenters. The summed E-state index contributed by atoms with van der Waals surface area (Å²) in [6.07, 6.45) is 4.94. The predicted molar refractivity (Wildman–Crippen MR) is 108 cm³/mol. The lowest BCUT2D eigenvalue weighted by atomic mass is 10.1. The molecule has 0 aliphatic carbocycles. The highest BCUT2D eigenvalue weighted by Crippen LogP contribution is 2.16. The van der Waals surface area contributed by atoms with Gasteiger partial charge in [-0.1, -0.05) is 48.5 Å². The average Bonchev–Trinajstić information content (AvgIpc) is 3.17. The van der Waals surface area contributed by atoms with Crippen LogP contribution in [-0.2, 0) is 11.2 Å². The van der Waals surface area contributed by atoms with E-state index in [1.165, 1.54) is 5.56 Å². The van der Waals surface area contributed by atoms with Crippen LogP contribution in [0.4, 0.5) is 0 Å². The molecule has 5 nitrogen and oxygen atoms in total. The van der Waals surface area contributed by atoms with Crippen LogP contribution in [0.3, 0.4) is 0 Å². The zero-order valence-corrected chi connectivity index (χ0v) is 15.9. The molecule has 0 spiro atoms. The van der Waals surface area contributed by atoms with Gasteiger partial charge in [-0.25, -0.2) is 4.68 Å². The molecule has 1 amide bonds. The fourth-order valence-corrected chi connectivity index (χ4v) is 3.04. The zero-order valence-electron chi connectivity index (χ0n) is 15.9. The molecule has 0 radical (unpaired) electrons. The van der Waals surface area contributed by atoms with Crippen molar-refractivity contribution in [3.05, 3.63) is 84.2 Å². The number of carbonyl (C=O) groups is 1. The number of hydrogen-bond acceptors (Lipinski definition) is 3. The molecule has 0 aliphatic heterocycles. The maximum Gasteiger partial charge on any atom is 0.220 e. The predicted octanol–water partition coefficient (Wildman–Crippen LogP) is 3.22. The Hall–Kier alpha value is -2.92. The Labute approximate surface area is 160 Å². The Kier molecular flexibility index (Phi) is 6.39. The second kappa shape index (κ2) is 9.14. The number of nitrogens with zero attached hydrogens (tertiary/aromatic N) is 3. The van der Waals surface area contributed by atoms with E-state index in [0.717, 1.165) is 11.3 Å². The number of hydrogen-bond donors (Lipinski definition) is 1. The number of aromatic nitrogens is 2. The lowest BCUT2D eigenvalue weighted by molar-refractivity contribution is -0.121. The molecular weight excluding hydrogens is 336 g/mol. The van der Waals surface area contributed by atoms with Crippen molar-refractivity contribution in [3.8, 4) is 5.69 Å². The van der Waals surface area contributed by atoms with E-state index >= 15 is 0 Å². The van der Waals surface area contributed by atoms with Gasteiger partial charge in [0.25, 0.3) is 0 Å². The summed E-state index contributed by atoms with van der Waals surface area (Å²) >= 11 is 0. The first-order chi connectivity index (χ1) is 13.1. The van der Waals surface area contributed by atoms with E-state index in [0.29, 0.717) is 19.4 Å². The van der Waals surface area contributed by atoms with E-state index in [2.05, 4.69) is 27.4 Å². The summed E-state index contributed by atoms with van der Waals surface area (Å²) in [5.41, 5.74) is 3.28. The molecular formula is C22H26N4O. The second-order valence-corrected chi connectivity index (χ2v) is 6.82. The van der Waals surface area contributed by atoms with Crippen LogP contribution in [0.1, 0.15) is 23.6 Å². The molecule has 3 rings (SSSR count). The van der Waals surface area contributed by atoms with Gasteiger partial charge in [-0.3, -0.25) is 4.79 Å². The first-order valence-corrected chi connectivity index (χ1v) is 9.20. The van der Waals surface area contributed by atoms with E-state index in [1.54, 1.807) is 0 Å². The van der Waals surface area contributed by atoms with Crippen molar-refractivity contribution in [1.29, 1.82) is 0 Å². The minimum absolute atomic E-state index is 0.0604. The summed E-state index contributed by atoms with van der Waals surface area (Å²) in [4.78, 5) is 14.4. The largest absolute Gasteiger partial charge is 0.354 e. The third-order valence-electron chi connectivity index (χ3n) is 4.60. The Bertz CT molecular complexity index is 843. The number of amides is 1. The molecule has 140 valence electrons. The molecule has 0 unspecified atom stereocenters. The van der Waals surface area contributed by atoms with Crippen LogP contribution in [0.25, 0.3) is 5.69 Å². The third-order valence-corrected chi connectivity index (χ3v) is 4.60. The molecule has 0 fully saturated rings. The summed E-state index contributed by atoms with van der Waals surface area (Å²) in [5.74, 6) is 0.0604. The van der Waals surface area contributed by atoms with E-state index in [-0.39, 0.29) is 11.9 Å². The standard InChI is InChI=1S/C22H26N4O/c1-25(2)21(19-9-5-3-6-10-19)16-23-22(27)14-13-18-15-24-26(17-18)20-11-7-4-8-12-20/h3-12,15,17,21H,13-14,16H2,1-2H3,(H,23,27)/t21-/m1/s1. The summed E-state index contributed by atoms with van der Waals surface area (Å²) < 4.78 is 1.84. The highest BCUT2D eigenvalue weighted by molar-refractivity contribution is 5.76. The highest BCUT2D eigenvalue weighted by Gasteiger charge is 2.15.